The molecule has 0 heterocycles. The molecule has 5 heteroatoms. The fraction of sp³-hybridized carbons (Fsp3) is 1.00. The van der Waals surface area contributed by atoms with Crippen LogP contribution in [-0.2, 0) is 13.3 Å². The molecule has 0 amide bonds. The molecule has 1 unspecified atom stereocenters. The van der Waals surface area contributed by atoms with Crippen LogP contribution in [0.4, 0.5) is 0 Å². The zero-order chi connectivity index (χ0) is 11.9. The molecule has 0 aliphatic heterocycles. The van der Waals surface area contributed by atoms with E-state index in [0.29, 0.717) is 5.92 Å². The monoisotopic (exact) mass is 235 g/mol. The SMILES string of the molecule is CCC(NCC(C)C)[Si](OC)(OC)OC. The molecular weight excluding hydrogens is 210 g/mol. The molecule has 0 aliphatic carbocycles. The molecule has 15 heavy (non-hydrogen) atoms. The van der Waals surface area contributed by atoms with E-state index in [4.69, 9.17) is 13.3 Å². The average Bonchev–Trinajstić information content (AvgIpc) is 2.24. The largest absolute Gasteiger partial charge is 0.517 e. The molecule has 0 bridgehead atoms. The van der Waals surface area contributed by atoms with Crippen LogP contribution in [0.5, 0.6) is 0 Å². The summed E-state index contributed by atoms with van der Waals surface area (Å²) in [5.74, 6) is 0.608. The highest BCUT2D eigenvalue weighted by Gasteiger charge is 2.46. The first kappa shape index (κ1) is 15.1. The summed E-state index contributed by atoms with van der Waals surface area (Å²) in [5, 5.41) is 3.45. The quantitative estimate of drug-likeness (QED) is 0.646. The van der Waals surface area contributed by atoms with Gasteiger partial charge in [0.1, 0.15) is 0 Å². The van der Waals surface area contributed by atoms with Crippen molar-refractivity contribution in [2.45, 2.75) is 32.9 Å². The van der Waals surface area contributed by atoms with Crippen LogP contribution in [0.15, 0.2) is 0 Å². The second-order valence-corrected chi connectivity index (χ2v) is 7.11. The molecule has 0 radical (unpaired) electrons. The van der Waals surface area contributed by atoms with Crippen molar-refractivity contribution in [3.63, 3.8) is 0 Å². The van der Waals surface area contributed by atoms with Gasteiger partial charge in [0, 0.05) is 21.3 Å². The van der Waals surface area contributed by atoms with Gasteiger partial charge in [0.2, 0.25) is 0 Å². The predicted molar refractivity (Wildman–Crippen MR) is 63.7 cm³/mol. The molecule has 0 aromatic rings. The van der Waals surface area contributed by atoms with Crippen LogP contribution in [0.25, 0.3) is 0 Å². The van der Waals surface area contributed by atoms with Crippen LogP contribution in [0.2, 0.25) is 0 Å². The van der Waals surface area contributed by atoms with Gasteiger partial charge in [0.15, 0.2) is 0 Å². The fourth-order valence-electron chi connectivity index (χ4n) is 1.57. The fourth-order valence-corrected chi connectivity index (χ4v) is 3.80. The maximum atomic E-state index is 5.45. The summed E-state index contributed by atoms with van der Waals surface area (Å²) < 4.78 is 16.4. The van der Waals surface area contributed by atoms with Crippen LogP contribution in [0.3, 0.4) is 0 Å². The second kappa shape index (κ2) is 7.35. The van der Waals surface area contributed by atoms with Gasteiger partial charge in [-0.2, -0.15) is 0 Å². The molecule has 0 aliphatic rings. The molecule has 4 nitrogen and oxygen atoms in total. The van der Waals surface area contributed by atoms with E-state index in [-0.39, 0.29) is 5.67 Å². The average molecular weight is 235 g/mol. The molecule has 0 spiro atoms. The van der Waals surface area contributed by atoms with Crippen molar-refractivity contribution in [1.29, 1.82) is 0 Å². The van der Waals surface area contributed by atoms with Gasteiger partial charge in [0.05, 0.1) is 5.67 Å². The lowest BCUT2D eigenvalue weighted by Gasteiger charge is -2.32. The normalized spacial score (nSPS) is 14.6. The number of rotatable bonds is 8. The van der Waals surface area contributed by atoms with E-state index < -0.39 is 8.80 Å². The standard InChI is InChI=1S/C10H25NO3Si/c1-7-10(11-8-9(2)3)15(12-4,13-5)14-6/h9-11H,7-8H2,1-6H3. The third-order valence-corrected chi connectivity index (χ3v) is 5.63. The third kappa shape index (κ3) is 4.20. The Bertz CT molecular complexity index is 154. The Hall–Kier alpha value is 0.0569. The van der Waals surface area contributed by atoms with E-state index in [0.717, 1.165) is 13.0 Å². The van der Waals surface area contributed by atoms with E-state index in [1.165, 1.54) is 0 Å². The first-order chi connectivity index (χ1) is 7.06. The van der Waals surface area contributed by atoms with E-state index >= 15 is 0 Å². The minimum Gasteiger partial charge on any atom is -0.376 e. The van der Waals surface area contributed by atoms with Gasteiger partial charge in [0.25, 0.3) is 0 Å². The van der Waals surface area contributed by atoms with Crippen LogP contribution in [-0.4, -0.2) is 42.3 Å². The van der Waals surface area contributed by atoms with Gasteiger partial charge < -0.3 is 18.6 Å². The molecule has 0 saturated heterocycles. The van der Waals surface area contributed by atoms with E-state index in [9.17, 15) is 0 Å². The van der Waals surface area contributed by atoms with Crippen LogP contribution in [0, 0.1) is 5.92 Å². The van der Waals surface area contributed by atoms with Crippen LogP contribution < -0.4 is 5.32 Å². The molecule has 1 atom stereocenters. The smallest absolute Gasteiger partial charge is 0.376 e. The van der Waals surface area contributed by atoms with Gasteiger partial charge in [-0.25, -0.2) is 0 Å². The topological polar surface area (TPSA) is 39.7 Å². The van der Waals surface area contributed by atoms with E-state index in [1.807, 2.05) is 0 Å². The third-order valence-electron chi connectivity index (χ3n) is 2.46. The lowest BCUT2D eigenvalue weighted by atomic mass is 10.2. The Kier molecular flexibility index (Phi) is 7.38. The Morgan fingerprint density at radius 2 is 1.53 bits per heavy atom. The van der Waals surface area contributed by atoms with Gasteiger partial charge in [-0.05, 0) is 18.9 Å². The summed E-state index contributed by atoms with van der Waals surface area (Å²) in [7, 11) is 2.43. The van der Waals surface area contributed by atoms with Crippen molar-refractivity contribution >= 4 is 8.80 Å². The highest BCUT2D eigenvalue weighted by atomic mass is 28.4. The predicted octanol–water partition coefficient (Wildman–Crippen LogP) is 1.43. The molecule has 1 N–H and O–H groups in total. The maximum Gasteiger partial charge on any atom is 0.517 e. The van der Waals surface area contributed by atoms with Crippen molar-refractivity contribution < 1.29 is 13.3 Å². The van der Waals surface area contributed by atoms with Gasteiger partial charge in [-0.15, -0.1) is 0 Å². The molecule has 0 rings (SSSR count). The molecule has 0 fully saturated rings. The number of hydrogen-bond donors (Lipinski definition) is 1. The molecule has 0 saturated carbocycles. The summed E-state index contributed by atoms with van der Waals surface area (Å²) >= 11 is 0. The van der Waals surface area contributed by atoms with Gasteiger partial charge in [-0.3, -0.25) is 0 Å². The van der Waals surface area contributed by atoms with Crippen molar-refractivity contribution in [1.82, 2.24) is 5.32 Å². The summed E-state index contributed by atoms with van der Waals surface area (Å²) in [4.78, 5) is 0. The first-order valence-corrected chi connectivity index (χ1v) is 7.25. The number of nitrogens with one attached hydrogen (secondary N) is 1. The Morgan fingerprint density at radius 3 is 1.80 bits per heavy atom. The Labute approximate surface area is 94.7 Å². The van der Waals surface area contributed by atoms with Crippen LogP contribution in [0.1, 0.15) is 27.2 Å². The minimum atomic E-state index is -2.52. The highest BCUT2D eigenvalue weighted by Crippen LogP contribution is 2.14. The van der Waals surface area contributed by atoms with Gasteiger partial charge >= 0.3 is 8.80 Å². The second-order valence-electron chi connectivity index (χ2n) is 3.98. The summed E-state index contributed by atoms with van der Waals surface area (Å²) in [5.41, 5.74) is 0.167. The van der Waals surface area contributed by atoms with Crippen LogP contribution >= 0.6 is 0 Å². The maximum absolute atomic E-state index is 5.45. The minimum absolute atomic E-state index is 0.167. The highest BCUT2D eigenvalue weighted by molar-refractivity contribution is 6.62. The Morgan fingerprint density at radius 1 is 1.07 bits per heavy atom. The first-order valence-electron chi connectivity index (χ1n) is 5.45. The summed E-state index contributed by atoms with van der Waals surface area (Å²) in [6.45, 7) is 7.41. The van der Waals surface area contributed by atoms with Crippen molar-refractivity contribution in [2.75, 3.05) is 27.9 Å². The number of hydrogen-bond acceptors (Lipinski definition) is 4. The lowest BCUT2D eigenvalue weighted by molar-refractivity contribution is 0.106. The summed E-state index contributed by atoms with van der Waals surface area (Å²) in [6, 6.07) is 0. The van der Waals surface area contributed by atoms with Crippen molar-refractivity contribution in [3.05, 3.63) is 0 Å². The Balaban J connectivity index is 4.44. The van der Waals surface area contributed by atoms with Crippen molar-refractivity contribution in [2.24, 2.45) is 5.92 Å². The van der Waals surface area contributed by atoms with E-state index in [2.05, 4.69) is 26.1 Å². The zero-order valence-electron chi connectivity index (χ0n) is 10.8. The molecular formula is C10H25NO3Si. The van der Waals surface area contributed by atoms with E-state index in [1.54, 1.807) is 21.3 Å². The molecule has 92 valence electrons. The molecule has 0 aromatic carbocycles. The summed E-state index contributed by atoms with van der Waals surface area (Å²) in [6.07, 6.45) is 0.939. The van der Waals surface area contributed by atoms with Gasteiger partial charge in [-0.1, -0.05) is 20.8 Å². The van der Waals surface area contributed by atoms with Crippen molar-refractivity contribution in [3.8, 4) is 0 Å². The molecule has 0 aromatic heterocycles. The lowest BCUT2D eigenvalue weighted by Crippen LogP contribution is -2.60. The zero-order valence-corrected chi connectivity index (χ0v) is 11.8.